The predicted molar refractivity (Wildman–Crippen MR) is 117 cm³/mol. The summed E-state index contributed by atoms with van der Waals surface area (Å²) in [5.41, 5.74) is 2.00. The molecule has 2 aromatic heterocycles. The van der Waals surface area contributed by atoms with Gasteiger partial charge in [-0.25, -0.2) is 0 Å². The van der Waals surface area contributed by atoms with Gasteiger partial charge >= 0.3 is 0 Å². The first kappa shape index (κ1) is 20.6. The Bertz CT molecular complexity index is 1130. The molecule has 4 rings (SSSR count). The highest BCUT2D eigenvalue weighted by Crippen LogP contribution is 2.19. The Morgan fingerprint density at radius 2 is 1.77 bits per heavy atom. The molecule has 158 valence electrons. The molecule has 0 spiro atoms. The number of benzene rings is 1. The molecule has 0 unspecified atom stereocenters. The molecule has 0 N–H and O–H groups in total. The number of nitrogens with zero attached hydrogens (tertiary/aromatic N) is 5. The molecule has 0 radical (unpaired) electrons. The molecule has 0 atom stereocenters. The Hall–Kier alpha value is -2.67. The summed E-state index contributed by atoms with van der Waals surface area (Å²) in [4.78, 5) is 32.3. The van der Waals surface area contributed by atoms with E-state index in [0.29, 0.717) is 35.0 Å². The fourth-order valence-electron chi connectivity index (χ4n) is 4.01. The second-order valence-electron chi connectivity index (χ2n) is 7.88. The van der Waals surface area contributed by atoms with Crippen molar-refractivity contribution in [3.63, 3.8) is 0 Å². The molecule has 7 nitrogen and oxygen atoms in total. The van der Waals surface area contributed by atoms with Gasteiger partial charge in [0.2, 0.25) is 11.7 Å². The lowest BCUT2D eigenvalue weighted by molar-refractivity contribution is -0.131. The maximum Gasteiger partial charge on any atom is 0.279 e. The number of carbonyl (C=O) groups excluding carboxylic acids is 1. The smallest absolute Gasteiger partial charge is 0.279 e. The third-order valence-corrected chi connectivity index (χ3v) is 6.18. The molecule has 3 aromatic rings. The summed E-state index contributed by atoms with van der Waals surface area (Å²) in [7, 11) is 1.87. The summed E-state index contributed by atoms with van der Waals surface area (Å²) >= 11 is 5.96. The van der Waals surface area contributed by atoms with Gasteiger partial charge in [0.1, 0.15) is 0 Å². The van der Waals surface area contributed by atoms with Crippen molar-refractivity contribution in [1.82, 2.24) is 24.1 Å². The molecule has 1 aliphatic heterocycles. The molecule has 3 heterocycles. The zero-order chi connectivity index (χ0) is 21.3. The lowest BCUT2D eigenvalue weighted by atomic mass is 10.1. The number of rotatable bonds is 4. The Morgan fingerprint density at radius 3 is 2.43 bits per heavy atom. The first-order chi connectivity index (χ1) is 14.5. The minimum absolute atomic E-state index is 0.124. The topological polar surface area (TPSA) is 72.5 Å². The maximum atomic E-state index is 13.1. The standard InChI is InChI=1S/C22H26ClN5O2/c1-15-18(11-12-19(29)27-13-5-3-4-6-14-27)21(30)28-22(26(15)2)24-20(25-28)16-7-9-17(23)10-8-16/h7-10H,3-6,11-14H2,1-2H3. The molecular weight excluding hydrogens is 402 g/mol. The van der Waals surface area contributed by atoms with E-state index in [2.05, 4.69) is 10.1 Å². The van der Waals surface area contributed by atoms with Crippen LogP contribution in [-0.2, 0) is 18.3 Å². The molecule has 0 aliphatic carbocycles. The van der Waals surface area contributed by atoms with Gasteiger partial charge in [0.25, 0.3) is 5.56 Å². The van der Waals surface area contributed by atoms with Crippen molar-refractivity contribution in [2.45, 2.75) is 45.4 Å². The van der Waals surface area contributed by atoms with Crippen LogP contribution in [0.5, 0.6) is 0 Å². The fourth-order valence-corrected chi connectivity index (χ4v) is 4.14. The first-order valence-corrected chi connectivity index (χ1v) is 10.8. The van der Waals surface area contributed by atoms with Crippen molar-refractivity contribution < 1.29 is 4.79 Å². The van der Waals surface area contributed by atoms with E-state index in [-0.39, 0.29) is 11.5 Å². The second-order valence-corrected chi connectivity index (χ2v) is 8.31. The van der Waals surface area contributed by atoms with E-state index in [0.717, 1.165) is 37.2 Å². The minimum atomic E-state index is -0.211. The monoisotopic (exact) mass is 427 g/mol. The van der Waals surface area contributed by atoms with Crippen molar-refractivity contribution >= 4 is 23.3 Å². The zero-order valence-corrected chi connectivity index (χ0v) is 18.2. The summed E-state index contributed by atoms with van der Waals surface area (Å²) in [6.07, 6.45) is 5.22. The Balaban J connectivity index is 1.63. The molecule has 1 saturated heterocycles. The number of aryl methyl sites for hydroxylation is 1. The van der Waals surface area contributed by atoms with Crippen molar-refractivity contribution in [3.8, 4) is 11.4 Å². The van der Waals surface area contributed by atoms with Gasteiger partial charge in [-0.3, -0.25) is 9.59 Å². The fraction of sp³-hybridized carbons (Fsp3) is 0.455. The predicted octanol–water partition coefficient (Wildman–Crippen LogP) is 3.39. The zero-order valence-electron chi connectivity index (χ0n) is 17.4. The van der Waals surface area contributed by atoms with Crippen LogP contribution >= 0.6 is 11.6 Å². The molecule has 1 amide bonds. The lowest BCUT2D eigenvalue weighted by Crippen LogP contribution is -2.33. The third-order valence-electron chi connectivity index (χ3n) is 5.93. The highest BCUT2D eigenvalue weighted by Gasteiger charge is 2.20. The van der Waals surface area contributed by atoms with Crippen LogP contribution in [0.1, 0.15) is 43.4 Å². The number of carbonyl (C=O) groups is 1. The van der Waals surface area contributed by atoms with Gasteiger partial charge < -0.3 is 9.47 Å². The van der Waals surface area contributed by atoms with Crippen LogP contribution in [0, 0.1) is 6.92 Å². The van der Waals surface area contributed by atoms with Crippen LogP contribution in [0.2, 0.25) is 5.02 Å². The van der Waals surface area contributed by atoms with Crippen molar-refractivity contribution in [2.24, 2.45) is 7.05 Å². The Labute approximate surface area is 180 Å². The van der Waals surface area contributed by atoms with Gasteiger partial charge in [0, 0.05) is 48.4 Å². The van der Waals surface area contributed by atoms with E-state index in [1.54, 1.807) is 12.1 Å². The van der Waals surface area contributed by atoms with Crippen molar-refractivity contribution in [2.75, 3.05) is 13.1 Å². The number of halogens is 1. The molecule has 1 aromatic carbocycles. The van der Waals surface area contributed by atoms with E-state index in [1.807, 2.05) is 35.6 Å². The van der Waals surface area contributed by atoms with Crippen LogP contribution in [0.4, 0.5) is 0 Å². The van der Waals surface area contributed by atoms with Gasteiger partial charge in [0.05, 0.1) is 0 Å². The summed E-state index contributed by atoms with van der Waals surface area (Å²) < 4.78 is 3.20. The molecule has 8 heteroatoms. The van der Waals surface area contributed by atoms with Gasteiger partial charge in [0.15, 0.2) is 5.82 Å². The van der Waals surface area contributed by atoms with Crippen molar-refractivity contribution in [3.05, 3.63) is 50.9 Å². The van der Waals surface area contributed by atoms with Crippen LogP contribution in [0.25, 0.3) is 17.2 Å². The van der Waals surface area contributed by atoms with Gasteiger partial charge in [-0.05, 0) is 50.5 Å². The summed E-state index contributed by atoms with van der Waals surface area (Å²) in [5.74, 6) is 1.07. The number of hydrogen-bond donors (Lipinski definition) is 0. The number of aromatic nitrogens is 4. The SMILES string of the molecule is Cc1c(CCC(=O)N2CCCCCC2)c(=O)n2nc(-c3ccc(Cl)cc3)nc2n1C. The molecule has 30 heavy (non-hydrogen) atoms. The maximum absolute atomic E-state index is 13.1. The van der Waals surface area contributed by atoms with Gasteiger partial charge in [-0.2, -0.15) is 9.50 Å². The van der Waals surface area contributed by atoms with E-state index in [4.69, 9.17) is 11.6 Å². The highest BCUT2D eigenvalue weighted by atomic mass is 35.5. The highest BCUT2D eigenvalue weighted by molar-refractivity contribution is 6.30. The average molecular weight is 428 g/mol. The number of likely N-dealkylation sites (tertiary alicyclic amines) is 1. The second kappa shape index (κ2) is 8.60. The molecule has 1 fully saturated rings. The van der Waals surface area contributed by atoms with E-state index >= 15 is 0 Å². The molecule has 0 saturated carbocycles. The summed E-state index contributed by atoms with van der Waals surface area (Å²) in [5, 5.41) is 5.07. The number of hydrogen-bond acceptors (Lipinski definition) is 4. The van der Waals surface area contributed by atoms with E-state index in [9.17, 15) is 9.59 Å². The van der Waals surface area contributed by atoms with Crippen LogP contribution in [-0.4, -0.2) is 43.1 Å². The van der Waals surface area contributed by atoms with E-state index in [1.165, 1.54) is 17.4 Å². The average Bonchev–Trinajstić information content (AvgIpc) is 3.01. The minimum Gasteiger partial charge on any atom is -0.343 e. The van der Waals surface area contributed by atoms with Crippen LogP contribution in [0.15, 0.2) is 29.1 Å². The quantitative estimate of drug-likeness (QED) is 0.639. The van der Waals surface area contributed by atoms with Gasteiger partial charge in [-0.15, -0.1) is 5.10 Å². The lowest BCUT2D eigenvalue weighted by Gasteiger charge is -2.20. The van der Waals surface area contributed by atoms with E-state index < -0.39 is 0 Å². The van der Waals surface area contributed by atoms with Crippen LogP contribution < -0.4 is 5.56 Å². The third kappa shape index (κ3) is 3.99. The largest absolute Gasteiger partial charge is 0.343 e. The number of amides is 1. The first-order valence-electron chi connectivity index (χ1n) is 10.4. The molecular formula is C22H26ClN5O2. The normalized spacial score (nSPS) is 14.8. The molecule has 1 aliphatic rings. The van der Waals surface area contributed by atoms with Crippen LogP contribution in [0.3, 0.4) is 0 Å². The Morgan fingerprint density at radius 1 is 1.10 bits per heavy atom. The molecule has 0 bridgehead atoms. The Kier molecular flexibility index (Phi) is 5.90. The summed E-state index contributed by atoms with van der Waals surface area (Å²) in [6, 6.07) is 7.20. The number of fused-ring (bicyclic) bond motifs is 1. The van der Waals surface area contributed by atoms with Gasteiger partial charge in [-0.1, -0.05) is 24.4 Å². The summed E-state index contributed by atoms with van der Waals surface area (Å²) in [6.45, 7) is 3.54. The van der Waals surface area contributed by atoms with Crippen molar-refractivity contribution in [1.29, 1.82) is 0 Å².